The van der Waals surface area contributed by atoms with Crippen molar-refractivity contribution in [1.29, 1.82) is 0 Å². The predicted molar refractivity (Wildman–Crippen MR) is 76.6 cm³/mol. The molecule has 0 aliphatic rings. The summed E-state index contributed by atoms with van der Waals surface area (Å²) >= 11 is 5.78. The van der Waals surface area contributed by atoms with Crippen molar-refractivity contribution in [2.75, 3.05) is 0 Å². The maximum absolute atomic E-state index is 13.3. The quantitative estimate of drug-likeness (QED) is 0.915. The van der Waals surface area contributed by atoms with Gasteiger partial charge in [0.05, 0.1) is 16.4 Å². The maximum Gasteiger partial charge on any atom is 0.358 e. The Bertz CT molecular complexity index is 668. The van der Waals surface area contributed by atoms with E-state index in [2.05, 4.69) is 10.3 Å². The first-order chi connectivity index (χ1) is 9.99. The van der Waals surface area contributed by atoms with Crippen LogP contribution in [0.5, 0.6) is 0 Å². The van der Waals surface area contributed by atoms with Crippen LogP contribution in [0.25, 0.3) is 5.69 Å². The Morgan fingerprint density at radius 2 is 2.10 bits per heavy atom. The summed E-state index contributed by atoms with van der Waals surface area (Å²) in [6.07, 6.45) is 1.50. The maximum atomic E-state index is 13.3. The highest BCUT2D eigenvalue weighted by atomic mass is 35.5. The molecule has 2 aromatic rings. The summed E-state index contributed by atoms with van der Waals surface area (Å²) in [7, 11) is 0. The Kier molecular flexibility index (Phi) is 4.57. The smallest absolute Gasteiger partial charge is 0.358 e. The number of hydrogen-bond donors (Lipinski definition) is 1. The van der Waals surface area contributed by atoms with Crippen molar-refractivity contribution >= 4 is 17.6 Å². The lowest BCUT2D eigenvalue weighted by Crippen LogP contribution is -2.11. The van der Waals surface area contributed by atoms with E-state index in [9.17, 15) is 14.3 Å². The number of aromatic nitrogens is 3. The van der Waals surface area contributed by atoms with Crippen LogP contribution in [0.3, 0.4) is 0 Å². The van der Waals surface area contributed by atoms with E-state index in [1.54, 1.807) is 0 Å². The zero-order valence-electron chi connectivity index (χ0n) is 11.7. The van der Waals surface area contributed by atoms with Crippen LogP contribution in [-0.2, 0) is 0 Å². The molecule has 0 radical (unpaired) electrons. The van der Waals surface area contributed by atoms with Crippen LogP contribution in [0, 0.1) is 5.82 Å². The molecule has 0 atom stereocenters. The average Bonchev–Trinajstić information content (AvgIpc) is 2.88. The normalized spacial score (nSPS) is 11.1. The van der Waals surface area contributed by atoms with Gasteiger partial charge in [0, 0.05) is 5.92 Å². The minimum atomic E-state index is -1.13. The number of nitrogens with zero attached hydrogens (tertiary/aromatic N) is 3. The molecule has 0 spiro atoms. The fourth-order valence-corrected chi connectivity index (χ4v) is 2.47. The Morgan fingerprint density at radius 3 is 2.62 bits per heavy atom. The van der Waals surface area contributed by atoms with E-state index in [0.29, 0.717) is 11.4 Å². The molecule has 2 rings (SSSR count). The molecular formula is C14H15ClFN3O2. The third-order valence-electron chi connectivity index (χ3n) is 3.43. The van der Waals surface area contributed by atoms with Crippen LogP contribution in [0.1, 0.15) is 48.8 Å². The van der Waals surface area contributed by atoms with Gasteiger partial charge in [-0.15, -0.1) is 5.10 Å². The topological polar surface area (TPSA) is 68.0 Å². The summed E-state index contributed by atoms with van der Waals surface area (Å²) in [5, 5.41) is 16.9. The van der Waals surface area contributed by atoms with Gasteiger partial charge < -0.3 is 5.11 Å². The summed E-state index contributed by atoms with van der Waals surface area (Å²) in [6.45, 7) is 3.93. The molecule has 0 bridgehead atoms. The van der Waals surface area contributed by atoms with Crippen LogP contribution in [0.15, 0.2) is 18.2 Å². The number of carbonyl (C=O) groups is 1. The number of rotatable bonds is 5. The molecule has 0 amide bonds. The van der Waals surface area contributed by atoms with Gasteiger partial charge in [-0.1, -0.05) is 30.7 Å². The van der Waals surface area contributed by atoms with E-state index in [4.69, 9.17) is 11.6 Å². The zero-order valence-corrected chi connectivity index (χ0v) is 12.4. The van der Waals surface area contributed by atoms with Crippen LogP contribution in [0.2, 0.25) is 5.02 Å². The largest absolute Gasteiger partial charge is 0.476 e. The summed E-state index contributed by atoms with van der Waals surface area (Å²) in [5.74, 6) is -1.67. The Hall–Kier alpha value is -1.95. The van der Waals surface area contributed by atoms with Crippen molar-refractivity contribution in [1.82, 2.24) is 15.0 Å². The number of aromatic carboxylic acids is 1. The molecule has 0 fully saturated rings. The molecule has 1 aromatic carbocycles. The number of hydrogen-bond acceptors (Lipinski definition) is 3. The van der Waals surface area contributed by atoms with Gasteiger partial charge in [-0.3, -0.25) is 0 Å². The molecule has 0 unspecified atom stereocenters. The summed E-state index contributed by atoms with van der Waals surface area (Å²) in [4.78, 5) is 11.3. The second-order valence-corrected chi connectivity index (χ2v) is 5.06. The molecular weight excluding hydrogens is 297 g/mol. The van der Waals surface area contributed by atoms with Gasteiger partial charge >= 0.3 is 5.97 Å². The van der Waals surface area contributed by atoms with Gasteiger partial charge in [-0.05, 0) is 31.0 Å². The Morgan fingerprint density at radius 1 is 1.43 bits per heavy atom. The molecule has 0 aliphatic heterocycles. The average molecular weight is 312 g/mol. The van der Waals surface area contributed by atoms with Crippen LogP contribution in [0.4, 0.5) is 4.39 Å². The predicted octanol–water partition coefficient (Wildman–Crippen LogP) is 3.66. The third kappa shape index (κ3) is 2.90. The van der Waals surface area contributed by atoms with Crippen LogP contribution >= 0.6 is 11.6 Å². The number of halogens is 2. The lowest BCUT2D eigenvalue weighted by Gasteiger charge is -2.15. The second-order valence-electron chi connectivity index (χ2n) is 4.65. The third-order valence-corrected chi connectivity index (χ3v) is 3.72. The molecule has 1 N–H and O–H groups in total. The minimum Gasteiger partial charge on any atom is -0.476 e. The highest BCUT2D eigenvalue weighted by Crippen LogP contribution is 2.28. The first-order valence-electron chi connectivity index (χ1n) is 6.63. The molecule has 1 heterocycles. The SMILES string of the molecule is CCC(CC)c1c(C(=O)O)nnn1-c1ccc(F)c(Cl)c1. The monoisotopic (exact) mass is 311 g/mol. The van der Waals surface area contributed by atoms with Crippen molar-refractivity contribution in [3.63, 3.8) is 0 Å². The van der Waals surface area contributed by atoms with Gasteiger partial charge in [-0.2, -0.15) is 0 Å². The Labute approximate surface area is 126 Å². The molecule has 0 saturated heterocycles. The van der Waals surface area contributed by atoms with Crippen molar-refractivity contribution < 1.29 is 14.3 Å². The standard InChI is InChI=1S/C14H15ClFN3O2/c1-3-8(4-2)13-12(14(20)21)17-18-19(13)9-5-6-11(16)10(15)7-9/h5-8H,3-4H2,1-2H3,(H,20,21). The molecule has 21 heavy (non-hydrogen) atoms. The highest BCUT2D eigenvalue weighted by molar-refractivity contribution is 6.30. The molecule has 1 aromatic heterocycles. The Balaban J connectivity index is 2.62. The molecule has 112 valence electrons. The first-order valence-corrected chi connectivity index (χ1v) is 7.01. The number of benzene rings is 1. The zero-order chi connectivity index (χ0) is 15.6. The lowest BCUT2D eigenvalue weighted by molar-refractivity contribution is 0.0688. The highest BCUT2D eigenvalue weighted by Gasteiger charge is 2.25. The fraction of sp³-hybridized carbons (Fsp3) is 0.357. The van der Waals surface area contributed by atoms with Crippen molar-refractivity contribution in [2.24, 2.45) is 0 Å². The van der Waals surface area contributed by atoms with Gasteiger partial charge in [-0.25, -0.2) is 13.9 Å². The summed E-state index contributed by atoms with van der Waals surface area (Å²) < 4.78 is 14.7. The molecule has 5 nitrogen and oxygen atoms in total. The summed E-state index contributed by atoms with van der Waals surface area (Å²) in [6, 6.07) is 4.12. The van der Waals surface area contributed by atoms with Gasteiger partial charge in [0.15, 0.2) is 5.69 Å². The van der Waals surface area contributed by atoms with Crippen molar-refractivity contribution in [3.05, 3.63) is 40.4 Å². The number of carboxylic acids is 1. The van der Waals surface area contributed by atoms with E-state index >= 15 is 0 Å². The van der Waals surface area contributed by atoms with E-state index in [1.165, 1.54) is 22.9 Å². The van der Waals surface area contributed by atoms with Gasteiger partial charge in [0.25, 0.3) is 0 Å². The van der Waals surface area contributed by atoms with Crippen molar-refractivity contribution in [2.45, 2.75) is 32.6 Å². The van der Waals surface area contributed by atoms with Crippen LogP contribution < -0.4 is 0 Å². The number of carboxylic acid groups (broad SMARTS) is 1. The van der Waals surface area contributed by atoms with Crippen molar-refractivity contribution in [3.8, 4) is 5.69 Å². The first kappa shape index (κ1) is 15.4. The van der Waals surface area contributed by atoms with E-state index in [-0.39, 0.29) is 16.6 Å². The minimum absolute atomic E-state index is 0.00470. The van der Waals surface area contributed by atoms with Crippen LogP contribution in [-0.4, -0.2) is 26.1 Å². The van der Waals surface area contributed by atoms with Gasteiger partial charge in [0.1, 0.15) is 5.82 Å². The summed E-state index contributed by atoms with van der Waals surface area (Å²) in [5.41, 5.74) is 0.919. The van der Waals surface area contributed by atoms with E-state index < -0.39 is 11.8 Å². The lowest BCUT2D eigenvalue weighted by atomic mass is 9.97. The van der Waals surface area contributed by atoms with E-state index in [0.717, 1.165) is 12.8 Å². The van der Waals surface area contributed by atoms with E-state index in [1.807, 2.05) is 13.8 Å². The molecule has 0 aliphatic carbocycles. The fourth-order valence-electron chi connectivity index (χ4n) is 2.29. The second kappa shape index (κ2) is 6.22. The molecule has 7 heteroatoms. The van der Waals surface area contributed by atoms with Gasteiger partial charge in [0.2, 0.25) is 0 Å². The molecule has 0 saturated carbocycles.